The molecule has 0 saturated heterocycles. The summed E-state index contributed by atoms with van der Waals surface area (Å²) in [6.45, 7) is 0. The maximum Gasteiger partial charge on any atom is 0.159 e. The molecule has 0 saturated carbocycles. The minimum atomic E-state index is -0.309. The summed E-state index contributed by atoms with van der Waals surface area (Å²) in [6.07, 6.45) is -0.309. The number of benzene rings is 8. The van der Waals surface area contributed by atoms with Gasteiger partial charge in [-0.3, -0.25) is 0 Å². The van der Waals surface area contributed by atoms with E-state index in [1.165, 1.54) is 27.3 Å². The van der Waals surface area contributed by atoms with Gasteiger partial charge in [0.1, 0.15) is 23.2 Å². The van der Waals surface area contributed by atoms with Crippen LogP contribution in [0.5, 0.6) is 0 Å². The van der Waals surface area contributed by atoms with Gasteiger partial charge in [-0.1, -0.05) is 152 Å². The van der Waals surface area contributed by atoms with E-state index < -0.39 is 0 Å². The van der Waals surface area contributed by atoms with Crippen LogP contribution < -0.4 is 5.32 Å². The minimum absolute atomic E-state index is 0.309. The van der Waals surface area contributed by atoms with E-state index in [4.69, 9.17) is 14.4 Å². The highest BCUT2D eigenvalue weighted by Crippen LogP contribution is 2.45. The second kappa shape index (κ2) is 12.0. The fourth-order valence-electron chi connectivity index (χ4n) is 7.45. The summed E-state index contributed by atoms with van der Waals surface area (Å²) in [6, 6.07) is 61.7. The summed E-state index contributed by atoms with van der Waals surface area (Å²) in [5.74, 6) is 1.51. The fraction of sp³-hybridized carbons (Fsp3) is 0.0213. The molecule has 0 amide bonds. The number of furan rings is 1. The lowest BCUT2D eigenvalue weighted by molar-refractivity contribution is 0.669. The van der Waals surface area contributed by atoms with Crippen LogP contribution in [-0.2, 0) is 0 Å². The van der Waals surface area contributed by atoms with Crippen LogP contribution in [0.1, 0.15) is 22.9 Å². The van der Waals surface area contributed by atoms with Crippen LogP contribution >= 0.6 is 0 Å². The Balaban J connectivity index is 1.16. The van der Waals surface area contributed by atoms with Gasteiger partial charge in [0.25, 0.3) is 0 Å². The summed E-state index contributed by atoms with van der Waals surface area (Å²) in [5, 5.41) is 10.6. The molecule has 0 radical (unpaired) electrons. The normalized spacial score (nSPS) is 14.5. The van der Waals surface area contributed by atoms with Gasteiger partial charge in [0.05, 0.1) is 0 Å². The van der Waals surface area contributed by atoms with Gasteiger partial charge in [0.15, 0.2) is 5.84 Å². The largest absolute Gasteiger partial charge is 0.456 e. The molecular weight excluding hydrogens is 623 g/mol. The summed E-state index contributed by atoms with van der Waals surface area (Å²) < 4.78 is 6.59. The van der Waals surface area contributed by atoms with Gasteiger partial charge in [-0.25, -0.2) is 9.98 Å². The van der Waals surface area contributed by atoms with Crippen molar-refractivity contribution < 1.29 is 4.42 Å². The predicted octanol–water partition coefficient (Wildman–Crippen LogP) is 11.7. The van der Waals surface area contributed by atoms with Gasteiger partial charge in [0.2, 0.25) is 0 Å². The minimum Gasteiger partial charge on any atom is -0.456 e. The van der Waals surface area contributed by atoms with Crippen LogP contribution in [0.4, 0.5) is 0 Å². The molecule has 9 aromatic rings. The molecule has 4 nitrogen and oxygen atoms in total. The second-order valence-electron chi connectivity index (χ2n) is 13.0. The van der Waals surface area contributed by atoms with E-state index in [0.717, 1.165) is 61.0 Å². The van der Waals surface area contributed by atoms with E-state index in [1.54, 1.807) is 0 Å². The van der Waals surface area contributed by atoms with Crippen molar-refractivity contribution >= 4 is 55.2 Å². The number of nitrogens with one attached hydrogen (secondary N) is 1. The van der Waals surface area contributed by atoms with E-state index in [9.17, 15) is 0 Å². The van der Waals surface area contributed by atoms with Crippen molar-refractivity contribution in [2.45, 2.75) is 6.17 Å². The van der Waals surface area contributed by atoms with Crippen LogP contribution in [0, 0.1) is 0 Å². The van der Waals surface area contributed by atoms with Crippen molar-refractivity contribution in [3.63, 3.8) is 0 Å². The molecule has 240 valence electrons. The zero-order chi connectivity index (χ0) is 33.7. The van der Waals surface area contributed by atoms with Gasteiger partial charge in [0, 0.05) is 27.5 Å². The van der Waals surface area contributed by atoms with Crippen molar-refractivity contribution in [3.05, 3.63) is 193 Å². The van der Waals surface area contributed by atoms with Crippen LogP contribution in [0.15, 0.2) is 190 Å². The number of nitrogens with zero attached hydrogens (tertiary/aromatic N) is 2. The Morgan fingerprint density at radius 1 is 0.471 bits per heavy atom. The van der Waals surface area contributed by atoms with Crippen molar-refractivity contribution in [1.82, 2.24) is 5.32 Å². The second-order valence-corrected chi connectivity index (χ2v) is 13.0. The zero-order valence-electron chi connectivity index (χ0n) is 27.6. The summed E-state index contributed by atoms with van der Waals surface area (Å²) >= 11 is 0. The zero-order valence-corrected chi connectivity index (χ0v) is 27.6. The number of amidine groups is 2. The molecule has 1 unspecified atom stereocenters. The quantitative estimate of drug-likeness (QED) is 0.201. The highest BCUT2D eigenvalue weighted by molar-refractivity contribution is 6.19. The first-order valence-electron chi connectivity index (χ1n) is 17.3. The highest BCUT2D eigenvalue weighted by atomic mass is 16.3. The third-order valence-corrected chi connectivity index (χ3v) is 9.92. The molecule has 1 atom stereocenters. The fourth-order valence-corrected chi connectivity index (χ4v) is 7.45. The Labute approximate surface area is 295 Å². The predicted molar refractivity (Wildman–Crippen MR) is 211 cm³/mol. The Bertz CT molecular complexity index is 2810. The van der Waals surface area contributed by atoms with Gasteiger partial charge in [-0.15, -0.1) is 0 Å². The summed E-state index contributed by atoms with van der Waals surface area (Å²) in [7, 11) is 0. The molecule has 2 heterocycles. The van der Waals surface area contributed by atoms with Gasteiger partial charge in [-0.05, 0) is 68.1 Å². The lowest BCUT2D eigenvalue weighted by atomic mass is 9.88. The van der Waals surface area contributed by atoms with E-state index in [-0.39, 0.29) is 6.17 Å². The van der Waals surface area contributed by atoms with Crippen molar-refractivity contribution in [3.8, 4) is 22.3 Å². The SMILES string of the molecule is c1ccc(C2=NC(c3ccc(-c4c(-c5cccc6ccccc56)ccc5oc6cc7ccccc7cc6c45)cc3)NC(c3ccccc3)=N2)cc1. The summed E-state index contributed by atoms with van der Waals surface area (Å²) in [5.41, 5.74) is 9.45. The van der Waals surface area contributed by atoms with E-state index in [1.807, 2.05) is 36.4 Å². The topological polar surface area (TPSA) is 49.9 Å². The number of aliphatic imine (C=N–C) groups is 2. The monoisotopic (exact) mass is 653 g/mol. The lowest BCUT2D eigenvalue weighted by Crippen LogP contribution is -2.33. The summed E-state index contributed by atoms with van der Waals surface area (Å²) in [4.78, 5) is 10.1. The Morgan fingerprint density at radius 2 is 1.14 bits per heavy atom. The van der Waals surface area contributed by atoms with Crippen molar-refractivity contribution in [2.75, 3.05) is 0 Å². The molecule has 0 bridgehead atoms. The smallest absolute Gasteiger partial charge is 0.159 e. The molecule has 10 rings (SSSR count). The molecule has 1 aromatic heterocycles. The third kappa shape index (κ3) is 5.08. The number of hydrogen-bond donors (Lipinski definition) is 1. The standard InChI is InChI=1S/C47H31N3O/c1-3-13-32(14-4-1)45-48-46(33-15-5-2-6-16-33)50-47(49-45)34-24-22-31(23-25-34)43-39(38-21-11-19-30-12-9-10-20-37(30)38)26-27-41-44(43)40-28-35-17-7-8-18-36(35)29-42(40)51-41/h1-29,47H,(H,48,49,50). The van der Waals surface area contributed by atoms with Crippen molar-refractivity contribution in [1.29, 1.82) is 0 Å². The van der Waals surface area contributed by atoms with Crippen LogP contribution in [0.2, 0.25) is 0 Å². The van der Waals surface area contributed by atoms with Gasteiger partial charge in [-0.2, -0.15) is 0 Å². The molecule has 51 heavy (non-hydrogen) atoms. The Hall–Kier alpha value is -6.78. The molecule has 0 spiro atoms. The highest BCUT2D eigenvalue weighted by Gasteiger charge is 2.23. The molecule has 1 aliphatic rings. The number of fused-ring (bicyclic) bond motifs is 5. The third-order valence-electron chi connectivity index (χ3n) is 9.92. The number of rotatable bonds is 5. The van der Waals surface area contributed by atoms with E-state index >= 15 is 0 Å². The van der Waals surface area contributed by atoms with E-state index in [0.29, 0.717) is 5.84 Å². The first-order valence-corrected chi connectivity index (χ1v) is 17.3. The average molecular weight is 654 g/mol. The molecule has 1 N–H and O–H groups in total. The lowest BCUT2D eigenvalue weighted by Gasteiger charge is -2.24. The molecule has 4 heteroatoms. The van der Waals surface area contributed by atoms with Gasteiger partial charge >= 0.3 is 0 Å². The molecule has 0 aliphatic carbocycles. The Morgan fingerprint density at radius 3 is 1.92 bits per heavy atom. The number of hydrogen-bond acceptors (Lipinski definition) is 4. The molecular formula is C47H31N3O. The van der Waals surface area contributed by atoms with Crippen LogP contribution in [-0.4, -0.2) is 11.7 Å². The molecule has 1 aliphatic heterocycles. The molecule has 8 aromatic carbocycles. The molecule has 0 fully saturated rings. The van der Waals surface area contributed by atoms with Crippen molar-refractivity contribution in [2.24, 2.45) is 9.98 Å². The average Bonchev–Trinajstić information content (AvgIpc) is 3.57. The van der Waals surface area contributed by atoms with E-state index in [2.05, 4.69) is 145 Å². The maximum absolute atomic E-state index is 6.59. The first kappa shape index (κ1) is 29.2. The first-order chi connectivity index (χ1) is 25.3. The maximum atomic E-state index is 6.59. The van der Waals surface area contributed by atoms with Gasteiger partial charge < -0.3 is 9.73 Å². The van der Waals surface area contributed by atoms with Crippen LogP contribution in [0.25, 0.3) is 65.7 Å². The Kier molecular flexibility index (Phi) is 6.85. The van der Waals surface area contributed by atoms with Crippen LogP contribution in [0.3, 0.4) is 0 Å².